The molecule has 0 fully saturated rings. The molecule has 1 unspecified atom stereocenters. The zero-order chi connectivity index (χ0) is 11.8. The van der Waals surface area contributed by atoms with Gasteiger partial charge in [-0.25, -0.2) is 0 Å². The van der Waals surface area contributed by atoms with Crippen LogP contribution in [0.25, 0.3) is 0 Å². The van der Waals surface area contributed by atoms with Crippen molar-refractivity contribution in [2.45, 2.75) is 27.2 Å². The molecule has 98 valence electrons. The fourth-order valence-corrected chi connectivity index (χ4v) is 1.92. The predicted molar refractivity (Wildman–Crippen MR) is 79.7 cm³/mol. The maximum atomic E-state index is 10.5. The Morgan fingerprint density at radius 1 is 1.06 bits per heavy atom. The van der Waals surface area contributed by atoms with Crippen molar-refractivity contribution < 1.29 is 21.8 Å². The standard InChI is InChI=1S/2C4H11O2P.Al.Ca.5H/c1-3-4-7(2,5)6;1-3-7(5,6)4-2;;;;;;;/h2*3-4H2,1-2H3,(H,5,6);;;;;;;/q;;;+2;;;;2*-1. The van der Waals surface area contributed by atoms with Crippen LogP contribution in [0.5, 0.6) is 0 Å². The molecular formula is C8H27AlCaO4P2. The van der Waals surface area contributed by atoms with E-state index < -0.39 is 14.7 Å². The topological polar surface area (TPSA) is 74.6 Å². The van der Waals surface area contributed by atoms with E-state index in [9.17, 15) is 9.13 Å². The van der Waals surface area contributed by atoms with Gasteiger partial charge < -0.3 is 12.6 Å². The summed E-state index contributed by atoms with van der Waals surface area (Å²) in [6.07, 6.45) is 2.06. The minimum Gasteiger partial charge on any atom is -1.00 e. The Labute approximate surface area is 143 Å². The summed E-state index contributed by atoms with van der Waals surface area (Å²) in [6, 6.07) is 0. The van der Waals surface area contributed by atoms with Crippen molar-refractivity contribution in [2.24, 2.45) is 0 Å². The molecule has 0 bridgehead atoms. The van der Waals surface area contributed by atoms with E-state index in [1.54, 1.807) is 13.8 Å². The molecule has 0 aromatic carbocycles. The third-order valence-corrected chi connectivity index (χ3v) is 4.88. The fourth-order valence-electron chi connectivity index (χ4n) is 0.639. The molecule has 0 aliphatic rings. The zero-order valence-corrected chi connectivity index (χ0v) is 14.1. The predicted octanol–water partition coefficient (Wildman–Crippen LogP) is 1.25. The van der Waals surface area contributed by atoms with Gasteiger partial charge in [-0.05, 0) is 6.42 Å². The van der Waals surface area contributed by atoms with Gasteiger partial charge in [0.2, 0.25) is 0 Å². The summed E-state index contributed by atoms with van der Waals surface area (Å²) in [5.74, 6) is 0. The van der Waals surface area contributed by atoms with Crippen LogP contribution in [-0.2, 0) is 9.13 Å². The summed E-state index contributed by atoms with van der Waals surface area (Å²) in [5, 5.41) is 0. The number of hydrogen-bond acceptors (Lipinski definition) is 2. The number of rotatable bonds is 4. The van der Waals surface area contributed by atoms with Crippen LogP contribution >= 0.6 is 14.7 Å². The summed E-state index contributed by atoms with van der Waals surface area (Å²) in [7, 11) is -5.32. The van der Waals surface area contributed by atoms with E-state index in [2.05, 4.69) is 0 Å². The van der Waals surface area contributed by atoms with E-state index in [1.807, 2.05) is 6.92 Å². The maximum absolute atomic E-state index is 10.5. The Hall–Kier alpha value is 2.17. The van der Waals surface area contributed by atoms with Crippen LogP contribution in [0.2, 0.25) is 0 Å². The first-order valence-electron chi connectivity index (χ1n) is 4.78. The van der Waals surface area contributed by atoms with Gasteiger partial charge in [-0.1, -0.05) is 20.8 Å². The molecule has 0 heterocycles. The molecular weight excluding hydrogens is 289 g/mol. The van der Waals surface area contributed by atoms with E-state index in [1.165, 1.54) is 6.66 Å². The van der Waals surface area contributed by atoms with Gasteiger partial charge in [0.1, 0.15) is 0 Å². The first-order chi connectivity index (χ1) is 6.18. The van der Waals surface area contributed by atoms with E-state index >= 15 is 0 Å². The molecule has 0 aliphatic carbocycles. The van der Waals surface area contributed by atoms with Crippen molar-refractivity contribution in [3.05, 3.63) is 0 Å². The Bertz CT molecular complexity index is 233. The van der Waals surface area contributed by atoms with Crippen molar-refractivity contribution in [2.75, 3.05) is 25.2 Å². The van der Waals surface area contributed by atoms with Crippen LogP contribution in [0.4, 0.5) is 0 Å². The van der Waals surface area contributed by atoms with Gasteiger partial charge in [-0.3, -0.25) is 9.13 Å². The molecule has 4 nitrogen and oxygen atoms in total. The van der Waals surface area contributed by atoms with Crippen LogP contribution in [0, 0.1) is 0 Å². The molecule has 0 radical (unpaired) electrons. The van der Waals surface area contributed by atoms with Gasteiger partial charge in [0.25, 0.3) is 0 Å². The van der Waals surface area contributed by atoms with E-state index in [4.69, 9.17) is 9.79 Å². The largest absolute Gasteiger partial charge is 2.00 e. The first kappa shape index (κ1) is 26.7. The third-order valence-electron chi connectivity index (χ3n) is 1.63. The molecule has 0 amide bonds. The molecule has 0 spiro atoms. The second-order valence-electron chi connectivity index (χ2n) is 3.25. The Morgan fingerprint density at radius 3 is 1.38 bits per heavy atom. The SMILES string of the molecule is CCCP(C)(=O)O.CCP(=O)(O)CC.[AlH3].[Ca+2].[H-].[H-]. The normalized spacial score (nSPS) is 13.4. The van der Waals surface area contributed by atoms with Crippen molar-refractivity contribution >= 4 is 69.8 Å². The van der Waals surface area contributed by atoms with Gasteiger partial charge in [0.15, 0.2) is 32.1 Å². The number of hydrogen-bond donors (Lipinski definition) is 2. The molecule has 1 atom stereocenters. The Kier molecular flexibility index (Phi) is 22.7. The van der Waals surface area contributed by atoms with Gasteiger partial charge in [-0.15, -0.1) is 0 Å². The minimum absolute atomic E-state index is 0. The van der Waals surface area contributed by atoms with Gasteiger partial charge >= 0.3 is 37.7 Å². The van der Waals surface area contributed by atoms with Crippen molar-refractivity contribution in [3.8, 4) is 0 Å². The third kappa shape index (κ3) is 25.1. The van der Waals surface area contributed by atoms with E-state index in [-0.39, 0.29) is 58.0 Å². The molecule has 0 aliphatic heterocycles. The zero-order valence-electron chi connectivity index (χ0n) is 12.1. The first-order valence-corrected chi connectivity index (χ1v) is 9.10. The van der Waals surface area contributed by atoms with Crippen LogP contribution in [0.15, 0.2) is 0 Å². The second kappa shape index (κ2) is 13.6. The van der Waals surface area contributed by atoms with Crippen LogP contribution < -0.4 is 0 Å². The Morgan fingerprint density at radius 2 is 1.38 bits per heavy atom. The average Bonchev–Trinajstić information content (AvgIpc) is 2.04. The van der Waals surface area contributed by atoms with Crippen molar-refractivity contribution in [1.29, 1.82) is 0 Å². The van der Waals surface area contributed by atoms with Crippen LogP contribution in [-0.4, -0.2) is 90.0 Å². The molecule has 0 aromatic heterocycles. The molecule has 2 N–H and O–H groups in total. The van der Waals surface area contributed by atoms with Crippen LogP contribution in [0.3, 0.4) is 0 Å². The summed E-state index contributed by atoms with van der Waals surface area (Å²) >= 11 is 0. The molecule has 0 rings (SSSR count). The minimum atomic E-state index is -2.67. The smallest absolute Gasteiger partial charge is 1.00 e. The summed E-state index contributed by atoms with van der Waals surface area (Å²) < 4.78 is 20.9. The molecule has 8 heteroatoms. The summed E-state index contributed by atoms with van der Waals surface area (Å²) in [5.41, 5.74) is 0. The molecule has 0 saturated heterocycles. The maximum Gasteiger partial charge on any atom is 2.00 e. The summed E-state index contributed by atoms with van der Waals surface area (Å²) in [4.78, 5) is 17.3. The Balaban J connectivity index is -0.0000000327. The molecule has 0 aromatic rings. The quantitative estimate of drug-likeness (QED) is 0.605. The summed E-state index contributed by atoms with van der Waals surface area (Å²) in [6.45, 7) is 6.73. The second-order valence-corrected chi connectivity index (χ2v) is 8.76. The average molecular weight is 316 g/mol. The van der Waals surface area contributed by atoms with Gasteiger partial charge in [0.05, 0.1) is 0 Å². The van der Waals surface area contributed by atoms with Crippen molar-refractivity contribution in [1.82, 2.24) is 0 Å². The van der Waals surface area contributed by atoms with Gasteiger partial charge in [-0.2, -0.15) is 0 Å². The molecule has 16 heavy (non-hydrogen) atoms. The van der Waals surface area contributed by atoms with Crippen LogP contribution in [0.1, 0.15) is 30.0 Å². The van der Waals surface area contributed by atoms with Gasteiger partial charge in [0, 0.05) is 25.2 Å². The monoisotopic (exact) mass is 316 g/mol. The molecule has 0 saturated carbocycles. The fraction of sp³-hybridized carbons (Fsp3) is 1.00. The van der Waals surface area contributed by atoms with Crippen molar-refractivity contribution in [3.63, 3.8) is 0 Å². The van der Waals surface area contributed by atoms with E-state index in [0.29, 0.717) is 18.5 Å². The van der Waals surface area contributed by atoms with E-state index in [0.717, 1.165) is 6.42 Å².